The summed E-state index contributed by atoms with van der Waals surface area (Å²) in [6.45, 7) is 1.99. The molecule has 3 aromatic carbocycles. The largest absolute Gasteiger partial charge is 0.309 e. The average molecular weight is 411 g/mol. The molecule has 1 aliphatic rings. The van der Waals surface area contributed by atoms with E-state index >= 15 is 0 Å². The number of carbonyl (C=O) groups excluding carboxylic acids is 1. The Morgan fingerprint density at radius 2 is 1.84 bits per heavy atom. The second-order valence-corrected chi connectivity index (χ2v) is 7.88. The van der Waals surface area contributed by atoms with Gasteiger partial charge in [-0.15, -0.1) is 0 Å². The van der Waals surface area contributed by atoms with Crippen molar-refractivity contribution in [2.45, 2.75) is 32.6 Å². The van der Waals surface area contributed by atoms with Gasteiger partial charge in [-0.2, -0.15) is 0 Å². The van der Waals surface area contributed by atoms with Crippen LogP contribution in [0.3, 0.4) is 0 Å². The van der Waals surface area contributed by atoms with Gasteiger partial charge in [0.25, 0.3) is 0 Å². The second kappa shape index (κ2) is 7.91. The molecule has 1 aliphatic carbocycles. The minimum atomic E-state index is -0.233. The molecule has 0 atom stereocenters. The van der Waals surface area contributed by atoms with Gasteiger partial charge in [0.1, 0.15) is 5.82 Å². The lowest BCUT2D eigenvalue weighted by atomic mass is 9.91. The first-order valence-electron chi connectivity index (χ1n) is 10.6. The van der Waals surface area contributed by atoms with Gasteiger partial charge in [-0.3, -0.25) is 4.79 Å². The summed E-state index contributed by atoms with van der Waals surface area (Å²) >= 11 is 0. The SMILES string of the molecule is CCc1nc2c(nc1NC(=O)Cc1ccc3ccccc3c1)CCc1cc(F)ccc1-2. The maximum atomic E-state index is 13.6. The number of hydrogen-bond donors (Lipinski definition) is 1. The van der Waals surface area contributed by atoms with Gasteiger partial charge >= 0.3 is 0 Å². The Hall–Kier alpha value is -3.60. The molecule has 0 aliphatic heterocycles. The number of nitrogens with zero attached hydrogens (tertiary/aromatic N) is 2. The predicted molar refractivity (Wildman–Crippen MR) is 120 cm³/mol. The number of fused-ring (bicyclic) bond motifs is 4. The number of halogens is 1. The van der Waals surface area contributed by atoms with Crippen LogP contribution in [0.25, 0.3) is 22.0 Å². The van der Waals surface area contributed by atoms with Crippen molar-refractivity contribution in [3.8, 4) is 11.3 Å². The molecule has 5 rings (SSSR count). The van der Waals surface area contributed by atoms with Crippen molar-refractivity contribution in [1.29, 1.82) is 0 Å². The van der Waals surface area contributed by atoms with Crippen LogP contribution in [-0.2, 0) is 30.5 Å². The topological polar surface area (TPSA) is 54.9 Å². The molecule has 4 nitrogen and oxygen atoms in total. The van der Waals surface area contributed by atoms with Crippen LogP contribution < -0.4 is 5.32 Å². The number of anilines is 1. The summed E-state index contributed by atoms with van der Waals surface area (Å²) in [6, 6.07) is 19.0. The van der Waals surface area contributed by atoms with Crippen molar-refractivity contribution >= 4 is 22.5 Å². The quantitative estimate of drug-likeness (QED) is 0.497. The summed E-state index contributed by atoms with van der Waals surface area (Å²) in [5.74, 6) is 0.179. The van der Waals surface area contributed by atoms with E-state index in [0.29, 0.717) is 25.1 Å². The zero-order chi connectivity index (χ0) is 21.4. The summed E-state index contributed by atoms with van der Waals surface area (Å²) < 4.78 is 13.6. The Kier molecular flexibility index (Phi) is 4.94. The number of aryl methyl sites for hydroxylation is 3. The number of amides is 1. The monoisotopic (exact) mass is 411 g/mol. The molecular formula is C26H22FN3O. The van der Waals surface area contributed by atoms with Crippen LogP contribution in [0.15, 0.2) is 60.7 Å². The van der Waals surface area contributed by atoms with E-state index in [4.69, 9.17) is 9.97 Å². The third-order valence-electron chi connectivity index (χ3n) is 5.77. The summed E-state index contributed by atoms with van der Waals surface area (Å²) in [7, 11) is 0. The van der Waals surface area contributed by atoms with Gasteiger partial charge in [0.15, 0.2) is 5.82 Å². The molecule has 1 aromatic heterocycles. The van der Waals surface area contributed by atoms with Crippen molar-refractivity contribution in [2.75, 3.05) is 5.32 Å². The third kappa shape index (κ3) is 3.79. The number of hydrogen-bond acceptors (Lipinski definition) is 3. The van der Waals surface area contributed by atoms with E-state index in [1.807, 2.05) is 43.3 Å². The van der Waals surface area contributed by atoms with Crippen molar-refractivity contribution in [2.24, 2.45) is 0 Å². The molecule has 1 amide bonds. The normalized spacial score (nSPS) is 12.3. The van der Waals surface area contributed by atoms with E-state index in [-0.39, 0.29) is 18.1 Å². The molecule has 31 heavy (non-hydrogen) atoms. The fourth-order valence-corrected chi connectivity index (χ4v) is 4.21. The molecule has 1 heterocycles. The fourth-order valence-electron chi connectivity index (χ4n) is 4.21. The minimum absolute atomic E-state index is 0.113. The first-order valence-corrected chi connectivity index (χ1v) is 10.6. The first-order chi connectivity index (χ1) is 15.1. The van der Waals surface area contributed by atoms with Crippen molar-refractivity contribution in [3.63, 3.8) is 0 Å². The molecule has 0 fully saturated rings. The highest BCUT2D eigenvalue weighted by molar-refractivity contribution is 5.93. The molecule has 0 saturated heterocycles. The molecule has 4 aromatic rings. The summed E-state index contributed by atoms with van der Waals surface area (Å²) in [6.07, 6.45) is 2.30. The van der Waals surface area contributed by atoms with Crippen LogP contribution in [-0.4, -0.2) is 15.9 Å². The summed E-state index contributed by atoms with van der Waals surface area (Å²) in [5, 5.41) is 5.24. The lowest BCUT2D eigenvalue weighted by molar-refractivity contribution is -0.115. The van der Waals surface area contributed by atoms with Crippen molar-refractivity contribution in [1.82, 2.24) is 9.97 Å². The second-order valence-electron chi connectivity index (χ2n) is 7.88. The molecule has 0 bridgehead atoms. The average Bonchev–Trinajstić information content (AvgIpc) is 2.78. The highest BCUT2D eigenvalue weighted by Crippen LogP contribution is 2.33. The molecule has 154 valence electrons. The van der Waals surface area contributed by atoms with Crippen molar-refractivity contribution in [3.05, 3.63) is 89.0 Å². The molecule has 0 radical (unpaired) electrons. The summed E-state index contributed by atoms with van der Waals surface area (Å²) in [4.78, 5) is 22.3. The Labute approximate surface area is 180 Å². The number of rotatable bonds is 4. The van der Waals surface area contributed by atoms with E-state index < -0.39 is 0 Å². The molecule has 1 N–H and O–H groups in total. The molecule has 0 saturated carbocycles. The molecule has 0 unspecified atom stereocenters. The number of aromatic nitrogens is 2. The van der Waals surface area contributed by atoms with E-state index in [1.165, 1.54) is 6.07 Å². The lowest BCUT2D eigenvalue weighted by Gasteiger charge is -2.20. The predicted octanol–water partition coefficient (Wildman–Crippen LogP) is 5.28. The van der Waals surface area contributed by atoms with Gasteiger partial charge < -0.3 is 5.32 Å². The van der Waals surface area contributed by atoms with Gasteiger partial charge in [-0.05, 0) is 59.4 Å². The molecular weight excluding hydrogens is 389 g/mol. The van der Waals surface area contributed by atoms with Gasteiger partial charge in [0.2, 0.25) is 5.91 Å². The van der Waals surface area contributed by atoms with Crippen LogP contribution >= 0.6 is 0 Å². The third-order valence-corrected chi connectivity index (χ3v) is 5.77. The highest BCUT2D eigenvalue weighted by atomic mass is 19.1. The van der Waals surface area contributed by atoms with E-state index in [2.05, 4.69) is 11.4 Å². The number of nitrogens with one attached hydrogen (secondary N) is 1. The Balaban J connectivity index is 1.41. The Morgan fingerprint density at radius 1 is 1.00 bits per heavy atom. The maximum absolute atomic E-state index is 13.6. The van der Waals surface area contributed by atoms with Gasteiger partial charge in [0.05, 0.1) is 23.5 Å². The maximum Gasteiger partial charge on any atom is 0.229 e. The van der Waals surface area contributed by atoms with Gasteiger partial charge in [-0.1, -0.05) is 49.4 Å². The smallest absolute Gasteiger partial charge is 0.229 e. The zero-order valence-corrected chi connectivity index (χ0v) is 17.3. The van der Waals surface area contributed by atoms with Gasteiger partial charge in [-0.25, -0.2) is 14.4 Å². The van der Waals surface area contributed by atoms with Crippen LogP contribution in [0.4, 0.5) is 10.2 Å². The fraction of sp³-hybridized carbons (Fsp3) is 0.192. The van der Waals surface area contributed by atoms with Crippen LogP contribution in [0, 0.1) is 5.82 Å². The summed E-state index contributed by atoms with van der Waals surface area (Å²) in [5.41, 5.74) is 5.22. The van der Waals surface area contributed by atoms with Crippen LogP contribution in [0.5, 0.6) is 0 Å². The Bertz CT molecular complexity index is 1320. The minimum Gasteiger partial charge on any atom is -0.309 e. The zero-order valence-electron chi connectivity index (χ0n) is 17.3. The Morgan fingerprint density at radius 3 is 2.68 bits per heavy atom. The standard InChI is InChI=1S/C26H22FN3O/c1-2-22-26(29-23-12-9-19-15-20(27)10-11-21(19)25(23)28-22)30-24(31)14-16-7-8-17-5-3-4-6-18(17)13-16/h3-8,10-11,13,15H,2,9,12,14H2,1H3,(H,29,30,31). The van der Waals surface area contributed by atoms with Crippen LogP contribution in [0.2, 0.25) is 0 Å². The van der Waals surface area contributed by atoms with E-state index in [9.17, 15) is 9.18 Å². The number of carbonyl (C=O) groups is 1. The highest BCUT2D eigenvalue weighted by Gasteiger charge is 2.22. The van der Waals surface area contributed by atoms with Gasteiger partial charge in [0, 0.05) is 5.56 Å². The number of benzene rings is 3. The van der Waals surface area contributed by atoms with E-state index in [0.717, 1.165) is 44.5 Å². The molecule has 5 heteroatoms. The van der Waals surface area contributed by atoms with Crippen molar-refractivity contribution < 1.29 is 9.18 Å². The lowest BCUT2D eigenvalue weighted by Crippen LogP contribution is -2.19. The van der Waals surface area contributed by atoms with Crippen LogP contribution in [0.1, 0.15) is 29.4 Å². The molecule has 0 spiro atoms. The first kappa shape index (κ1) is 19.4. The van der Waals surface area contributed by atoms with E-state index in [1.54, 1.807) is 12.1 Å².